The number of rotatable bonds is 2. The summed E-state index contributed by atoms with van der Waals surface area (Å²) in [6.07, 6.45) is 0.949. The fourth-order valence-corrected chi connectivity index (χ4v) is 2.67. The minimum Gasteiger partial charge on any atom is -0.508 e. The molecule has 0 aromatic heterocycles. The quantitative estimate of drug-likeness (QED) is 0.866. The number of hydrogen-bond acceptors (Lipinski definition) is 3. The molecule has 0 radical (unpaired) electrons. The summed E-state index contributed by atoms with van der Waals surface area (Å²) in [6, 6.07) is 13.9. The van der Waals surface area contributed by atoms with Gasteiger partial charge in [-0.15, -0.1) is 0 Å². The molecular weight excluding hydrogens is 238 g/mol. The topological polar surface area (TPSA) is 41.5 Å². The Kier molecular flexibility index (Phi) is 3.13. The van der Waals surface area contributed by atoms with Crippen LogP contribution in [0, 0.1) is 0 Å². The first-order valence-corrected chi connectivity index (χ1v) is 6.47. The molecule has 2 aromatic rings. The lowest BCUT2D eigenvalue weighted by atomic mass is 9.89. The van der Waals surface area contributed by atoms with Crippen molar-refractivity contribution in [3.8, 4) is 11.5 Å². The molecule has 0 bridgehead atoms. The van der Waals surface area contributed by atoms with E-state index >= 15 is 0 Å². The van der Waals surface area contributed by atoms with Crippen molar-refractivity contribution in [3.05, 3.63) is 59.2 Å². The molecule has 0 amide bonds. The van der Waals surface area contributed by atoms with E-state index < -0.39 is 0 Å². The molecule has 2 aromatic carbocycles. The van der Waals surface area contributed by atoms with Gasteiger partial charge in [0, 0.05) is 6.54 Å². The van der Waals surface area contributed by atoms with Crippen molar-refractivity contribution in [2.45, 2.75) is 12.5 Å². The van der Waals surface area contributed by atoms with E-state index in [4.69, 9.17) is 4.74 Å². The van der Waals surface area contributed by atoms with Crippen molar-refractivity contribution in [2.24, 2.45) is 0 Å². The van der Waals surface area contributed by atoms with Crippen LogP contribution in [0.1, 0.15) is 22.7 Å². The highest BCUT2D eigenvalue weighted by molar-refractivity contribution is 5.44. The lowest BCUT2D eigenvalue weighted by Gasteiger charge is -2.27. The average molecular weight is 255 g/mol. The van der Waals surface area contributed by atoms with E-state index in [1.807, 2.05) is 24.3 Å². The molecule has 0 unspecified atom stereocenters. The summed E-state index contributed by atoms with van der Waals surface area (Å²) in [5, 5.41) is 13.1. The molecule has 19 heavy (non-hydrogen) atoms. The van der Waals surface area contributed by atoms with Crippen LogP contribution >= 0.6 is 0 Å². The second kappa shape index (κ2) is 4.94. The average Bonchev–Trinajstić information content (AvgIpc) is 2.46. The molecule has 0 saturated heterocycles. The Balaban J connectivity index is 2.03. The van der Waals surface area contributed by atoms with E-state index in [0.717, 1.165) is 18.7 Å². The Hall–Kier alpha value is -2.00. The fourth-order valence-electron chi connectivity index (χ4n) is 2.67. The summed E-state index contributed by atoms with van der Waals surface area (Å²) in [6.45, 7) is 0.915. The second-order valence-electron chi connectivity index (χ2n) is 4.80. The molecule has 98 valence electrons. The van der Waals surface area contributed by atoms with E-state index in [2.05, 4.69) is 17.4 Å². The third-order valence-electron chi connectivity index (χ3n) is 3.61. The first-order valence-electron chi connectivity index (χ1n) is 6.47. The Morgan fingerprint density at radius 2 is 2.11 bits per heavy atom. The maximum absolute atomic E-state index is 9.59. The van der Waals surface area contributed by atoms with E-state index in [0.29, 0.717) is 5.75 Å². The zero-order valence-corrected chi connectivity index (χ0v) is 10.9. The molecule has 2 N–H and O–H groups in total. The van der Waals surface area contributed by atoms with Gasteiger partial charge in [0.2, 0.25) is 0 Å². The lowest BCUT2D eigenvalue weighted by Crippen LogP contribution is -2.30. The van der Waals surface area contributed by atoms with Crippen LogP contribution in [0.3, 0.4) is 0 Å². The molecule has 0 spiro atoms. The number of benzene rings is 2. The summed E-state index contributed by atoms with van der Waals surface area (Å²) < 4.78 is 5.28. The van der Waals surface area contributed by atoms with Gasteiger partial charge in [-0.1, -0.05) is 18.2 Å². The SMILES string of the molecule is COc1cccc([C@H]2NCCc3cc(O)ccc32)c1. The second-order valence-corrected chi connectivity index (χ2v) is 4.80. The van der Waals surface area contributed by atoms with Crippen molar-refractivity contribution in [2.75, 3.05) is 13.7 Å². The van der Waals surface area contributed by atoms with Gasteiger partial charge in [0.1, 0.15) is 11.5 Å². The zero-order valence-electron chi connectivity index (χ0n) is 10.9. The summed E-state index contributed by atoms with van der Waals surface area (Å²) in [5.41, 5.74) is 3.63. The zero-order chi connectivity index (χ0) is 13.2. The third kappa shape index (κ3) is 2.29. The van der Waals surface area contributed by atoms with Gasteiger partial charge in [-0.3, -0.25) is 0 Å². The molecule has 1 heterocycles. The number of methoxy groups -OCH3 is 1. The smallest absolute Gasteiger partial charge is 0.119 e. The molecule has 0 aliphatic carbocycles. The van der Waals surface area contributed by atoms with Crippen LogP contribution < -0.4 is 10.1 Å². The van der Waals surface area contributed by atoms with Gasteiger partial charge in [-0.05, 0) is 47.4 Å². The molecule has 3 heteroatoms. The monoisotopic (exact) mass is 255 g/mol. The first-order chi connectivity index (χ1) is 9.28. The normalized spacial score (nSPS) is 17.8. The summed E-state index contributed by atoms with van der Waals surface area (Å²) >= 11 is 0. The molecule has 1 atom stereocenters. The lowest BCUT2D eigenvalue weighted by molar-refractivity contribution is 0.413. The molecule has 1 aliphatic rings. The van der Waals surface area contributed by atoms with Crippen LogP contribution in [0.4, 0.5) is 0 Å². The molecule has 1 aliphatic heterocycles. The first kappa shape index (κ1) is 12.1. The van der Waals surface area contributed by atoms with Gasteiger partial charge in [0.05, 0.1) is 13.2 Å². The highest BCUT2D eigenvalue weighted by Gasteiger charge is 2.21. The Labute approximate surface area is 112 Å². The van der Waals surface area contributed by atoms with E-state index in [9.17, 15) is 5.11 Å². The van der Waals surface area contributed by atoms with Gasteiger partial charge in [-0.2, -0.15) is 0 Å². The number of fused-ring (bicyclic) bond motifs is 1. The van der Waals surface area contributed by atoms with Crippen LogP contribution in [0.5, 0.6) is 11.5 Å². The van der Waals surface area contributed by atoms with Gasteiger partial charge in [-0.25, -0.2) is 0 Å². The minimum absolute atomic E-state index is 0.166. The van der Waals surface area contributed by atoms with Crippen LogP contribution in [0.25, 0.3) is 0 Å². The van der Waals surface area contributed by atoms with Gasteiger partial charge < -0.3 is 15.2 Å². The number of aromatic hydroxyl groups is 1. The predicted molar refractivity (Wildman–Crippen MR) is 74.7 cm³/mol. The van der Waals surface area contributed by atoms with Crippen molar-refractivity contribution in [3.63, 3.8) is 0 Å². The van der Waals surface area contributed by atoms with Crippen LogP contribution in [-0.4, -0.2) is 18.8 Å². The maximum Gasteiger partial charge on any atom is 0.119 e. The number of hydrogen-bond donors (Lipinski definition) is 2. The van der Waals surface area contributed by atoms with Gasteiger partial charge >= 0.3 is 0 Å². The Morgan fingerprint density at radius 1 is 1.21 bits per heavy atom. The molecule has 3 rings (SSSR count). The number of phenols is 1. The number of nitrogens with one attached hydrogen (secondary N) is 1. The Bertz CT molecular complexity index is 595. The highest BCUT2D eigenvalue weighted by atomic mass is 16.5. The molecule has 0 saturated carbocycles. The van der Waals surface area contributed by atoms with Crippen LogP contribution in [0.15, 0.2) is 42.5 Å². The number of ether oxygens (including phenoxy) is 1. The fraction of sp³-hybridized carbons (Fsp3) is 0.250. The minimum atomic E-state index is 0.166. The maximum atomic E-state index is 9.59. The largest absolute Gasteiger partial charge is 0.508 e. The summed E-state index contributed by atoms with van der Waals surface area (Å²) in [5.74, 6) is 1.20. The Morgan fingerprint density at radius 3 is 2.95 bits per heavy atom. The van der Waals surface area contributed by atoms with Gasteiger partial charge in [0.15, 0.2) is 0 Å². The third-order valence-corrected chi connectivity index (χ3v) is 3.61. The molecule has 3 nitrogen and oxygen atoms in total. The van der Waals surface area contributed by atoms with Crippen molar-refractivity contribution >= 4 is 0 Å². The molecule has 0 fully saturated rings. The van der Waals surface area contributed by atoms with Crippen molar-refractivity contribution < 1.29 is 9.84 Å². The van der Waals surface area contributed by atoms with E-state index in [-0.39, 0.29) is 6.04 Å². The highest BCUT2D eigenvalue weighted by Crippen LogP contribution is 2.32. The van der Waals surface area contributed by atoms with Crippen molar-refractivity contribution in [1.82, 2.24) is 5.32 Å². The summed E-state index contributed by atoms with van der Waals surface area (Å²) in [7, 11) is 1.68. The number of phenolic OH excluding ortho intramolecular Hbond substituents is 1. The standard InChI is InChI=1S/C16H17NO2/c1-19-14-4-2-3-12(10-14)16-15-6-5-13(18)9-11(15)7-8-17-16/h2-6,9-10,16-18H,7-8H2,1H3/t16-/m1/s1. The van der Waals surface area contributed by atoms with Gasteiger partial charge in [0.25, 0.3) is 0 Å². The van der Waals surface area contributed by atoms with E-state index in [1.165, 1.54) is 16.7 Å². The van der Waals surface area contributed by atoms with E-state index in [1.54, 1.807) is 13.2 Å². The molecular formula is C16H17NO2. The van der Waals surface area contributed by atoms with Crippen LogP contribution in [0.2, 0.25) is 0 Å². The van der Waals surface area contributed by atoms with Crippen LogP contribution in [-0.2, 0) is 6.42 Å². The van der Waals surface area contributed by atoms with Crippen molar-refractivity contribution in [1.29, 1.82) is 0 Å². The summed E-state index contributed by atoms with van der Waals surface area (Å²) in [4.78, 5) is 0. The predicted octanol–water partition coefficient (Wildman–Crippen LogP) is 2.64.